The van der Waals surface area contributed by atoms with Crippen LogP contribution in [0.15, 0.2) is 0 Å². The summed E-state index contributed by atoms with van der Waals surface area (Å²) in [6.45, 7) is 13.4. The molecule has 122 valence electrons. The van der Waals surface area contributed by atoms with Gasteiger partial charge in [-0.3, -0.25) is 9.69 Å². The van der Waals surface area contributed by atoms with Gasteiger partial charge in [0.15, 0.2) is 0 Å². The predicted octanol–water partition coefficient (Wildman–Crippen LogP) is 2.10. The largest absolute Gasteiger partial charge is 0.339 e. The lowest BCUT2D eigenvalue weighted by Crippen LogP contribution is -2.48. The lowest BCUT2D eigenvalue weighted by atomic mass is 9.96. The van der Waals surface area contributed by atoms with Crippen LogP contribution in [0.4, 0.5) is 0 Å². The van der Waals surface area contributed by atoms with Crippen LogP contribution in [-0.2, 0) is 4.79 Å². The monoisotopic (exact) mass is 295 g/mol. The Hall–Kier alpha value is -0.610. The van der Waals surface area contributed by atoms with Gasteiger partial charge in [0.05, 0.1) is 6.54 Å². The Balaban J connectivity index is 1.76. The molecule has 0 aromatic rings. The maximum Gasteiger partial charge on any atom is 0.236 e. The number of nitrogens with one attached hydrogen (secondary N) is 1. The standard InChI is InChI=1S/C17H33N3O/c1-5-20(15-8-9-15)16(21)13-19-10-6-7-14(12-19)11-18-17(2,3)4/h14-15,18H,5-13H2,1-4H3. The molecule has 2 fully saturated rings. The molecule has 1 atom stereocenters. The lowest BCUT2D eigenvalue weighted by Gasteiger charge is -2.35. The summed E-state index contributed by atoms with van der Waals surface area (Å²) in [6.07, 6.45) is 4.92. The maximum atomic E-state index is 12.4. The number of rotatable bonds is 6. The molecule has 4 heteroatoms. The highest BCUT2D eigenvalue weighted by Crippen LogP contribution is 2.27. The summed E-state index contributed by atoms with van der Waals surface area (Å²) in [5.74, 6) is 1.02. The molecule has 4 nitrogen and oxygen atoms in total. The van der Waals surface area contributed by atoms with E-state index in [-0.39, 0.29) is 5.54 Å². The van der Waals surface area contributed by atoms with Gasteiger partial charge in [-0.05, 0) is 72.4 Å². The van der Waals surface area contributed by atoms with Crippen LogP contribution >= 0.6 is 0 Å². The van der Waals surface area contributed by atoms with Gasteiger partial charge in [0.1, 0.15) is 0 Å². The van der Waals surface area contributed by atoms with E-state index in [1.165, 1.54) is 25.7 Å². The number of amides is 1. The van der Waals surface area contributed by atoms with Crippen LogP contribution in [0.2, 0.25) is 0 Å². The Morgan fingerprint density at radius 2 is 2.00 bits per heavy atom. The molecular weight excluding hydrogens is 262 g/mol. The summed E-state index contributed by atoms with van der Waals surface area (Å²) in [7, 11) is 0. The molecule has 0 bridgehead atoms. The van der Waals surface area contributed by atoms with Gasteiger partial charge in [0.25, 0.3) is 0 Å². The number of piperidine rings is 1. The number of hydrogen-bond donors (Lipinski definition) is 1. The lowest BCUT2D eigenvalue weighted by molar-refractivity contribution is -0.133. The van der Waals surface area contributed by atoms with Gasteiger partial charge >= 0.3 is 0 Å². The van der Waals surface area contributed by atoms with Gasteiger partial charge < -0.3 is 10.2 Å². The summed E-state index contributed by atoms with van der Waals surface area (Å²) < 4.78 is 0. The van der Waals surface area contributed by atoms with Crippen LogP contribution in [-0.4, -0.2) is 60.0 Å². The third-order valence-corrected chi connectivity index (χ3v) is 4.53. The summed E-state index contributed by atoms with van der Waals surface area (Å²) in [4.78, 5) is 16.9. The van der Waals surface area contributed by atoms with Crippen molar-refractivity contribution in [1.29, 1.82) is 0 Å². The van der Waals surface area contributed by atoms with E-state index in [4.69, 9.17) is 0 Å². The quantitative estimate of drug-likeness (QED) is 0.815. The van der Waals surface area contributed by atoms with E-state index in [9.17, 15) is 4.79 Å². The van der Waals surface area contributed by atoms with Gasteiger partial charge in [-0.15, -0.1) is 0 Å². The number of likely N-dealkylation sites (N-methyl/N-ethyl adjacent to an activating group) is 1. The summed E-state index contributed by atoms with van der Waals surface area (Å²) in [6, 6.07) is 0.547. The minimum absolute atomic E-state index is 0.184. The molecule has 1 saturated heterocycles. The third-order valence-electron chi connectivity index (χ3n) is 4.53. The first kappa shape index (κ1) is 16.8. The number of carbonyl (C=O) groups is 1. The first-order chi connectivity index (χ1) is 9.89. The van der Waals surface area contributed by atoms with Crippen molar-refractivity contribution in [3.05, 3.63) is 0 Å². The topological polar surface area (TPSA) is 35.6 Å². The van der Waals surface area contributed by atoms with Crippen molar-refractivity contribution >= 4 is 5.91 Å². The molecule has 1 aliphatic carbocycles. The number of likely N-dealkylation sites (tertiary alicyclic amines) is 1. The minimum Gasteiger partial charge on any atom is -0.339 e. The average molecular weight is 295 g/mol. The van der Waals surface area contributed by atoms with Crippen molar-refractivity contribution in [2.24, 2.45) is 5.92 Å². The second-order valence-electron chi connectivity index (χ2n) is 7.79. The molecule has 1 aliphatic heterocycles. The number of hydrogen-bond acceptors (Lipinski definition) is 3. The van der Waals surface area contributed by atoms with Crippen molar-refractivity contribution in [2.45, 2.75) is 65.0 Å². The van der Waals surface area contributed by atoms with Crippen LogP contribution in [0.5, 0.6) is 0 Å². The van der Waals surface area contributed by atoms with E-state index < -0.39 is 0 Å². The SMILES string of the molecule is CCN(C(=O)CN1CCCC(CNC(C)(C)C)C1)C1CC1. The molecular formula is C17H33N3O. The molecule has 2 rings (SSSR count). The molecule has 2 aliphatic rings. The van der Waals surface area contributed by atoms with Crippen LogP contribution in [0.25, 0.3) is 0 Å². The van der Waals surface area contributed by atoms with Crippen LogP contribution < -0.4 is 5.32 Å². The van der Waals surface area contributed by atoms with E-state index >= 15 is 0 Å². The molecule has 0 aromatic heterocycles. The fraction of sp³-hybridized carbons (Fsp3) is 0.941. The molecule has 1 unspecified atom stereocenters. The first-order valence-electron chi connectivity index (χ1n) is 8.66. The van der Waals surface area contributed by atoms with Crippen LogP contribution in [0, 0.1) is 5.92 Å². The van der Waals surface area contributed by atoms with Gasteiger partial charge in [-0.25, -0.2) is 0 Å². The Bertz CT molecular complexity index is 346. The second-order valence-corrected chi connectivity index (χ2v) is 7.79. The molecule has 21 heavy (non-hydrogen) atoms. The maximum absolute atomic E-state index is 12.4. The first-order valence-corrected chi connectivity index (χ1v) is 8.66. The highest BCUT2D eigenvalue weighted by atomic mass is 16.2. The van der Waals surface area contributed by atoms with Crippen molar-refractivity contribution < 1.29 is 4.79 Å². The molecule has 0 radical (unpaired) electrons. The average Bonchev–Trinajstić information content (AvgIpc) is 3.21. The van der Waals surface area contributed by atoms with E-state index in [1.54, 1.807) is 0 Å². The van der Waals surface area contributed by atoms with Crippen LogP contribution in [0.1, 0.15) is 53.4 Å². The van der Waals surface area contributed by atoms with Crippen molar-refractivity contribution in [1.82, 2.24) is 15.1 Å². The van der Waals surface area contributed by atoms with Crippen molar-refractivity contribution in [3.8, 4) is 0 Å². The summed E-state index contributed by atoms with van der Waals surface area (Å²) >= 11 is 0. The van der Waals surface area contributed by atoms with E-state index in [0.717, 1.165) is 26.2 Å². The van der Waals surface area contributed by atoms with E-state index in [1.807, 2.05) is 0 Å². The van der Waals surface area contributed by atoms with Gasteiger partial charge in [-0.2, -0.15) is 0 Å². The minimum atomic E-state index is 0.184. The van der Waals surface area contributed by atoms with E-state index in [2.05, 4.69) is 42.8 Å². The van der Waals surface area contributed by atoms with Crippen molar-refractivity contribution in [3.63, 3.8) is 0 Å². The predicted molar refractivity (Wildman–Crippen MR) is 87.3 cm³/mol. The zero-order valence-electron chi connectivity index (χ0n) is 14.3. The summed E-state index contributed by atoms with van der Waals surface area (Å²) in [5.41, 5.74) is 0.184. The molecule has 0 spiro atoms. The van der Waals surface area contributed by atoms with Crippen molar-refractivity contribution in [2.75, 3.05) is 32.7 Å². The smallest absolute Gasteiger partial charge is 0.236 e. The number of carbonyl (C=O) groups excluding carboxylic acids is 1. The molecule has 1 N–H and O–H groups in total. The third kappa shape index (κ3) is 5.59. The van der Waals surface area contributed by atoms with Gasteiger partial charge in [-0.1, -0.05) is 0 Å². The highest BCUT2D eigenvalue weighted by molar-refractivity contribution is 5.78. The fourth-order valence-electron chi connectivity index (χ4n) is 3.22. The van der Waals surface area contributed by atoms with Gasteiger partial charge in [0, 0.05) is 24.7 Å². The Kier molecular flexibility index (Phi) is 5.67. The Morgan fingerprint density at radius 3 is 2.57 bits per heavy atom. The normalized spacial score (nSPS) is 24.1. The molecule has 1 amide bonds. The number of nitrogens with zero attached hydrogens (tertiary/aromatic N) is 2. The molecule has 1 saturated carbocycles. The van der Waals surface area contributed by atoms with Crippen LogP contribution in [0.3, 0.4) is 0 Å². The highest BCUT2D eigenvalue weighted by Gasteiger charge is 2.32. The fourth-order valence-corrected chi connectivity index (χ4v) is 3.22. The molecule has 1 heterocycles. The second kappa shape index (κ2) is 7.10. The summed E-state index contributed by atoms with van der Waals surface area (Å²) in [5, 5.41) is 3.61. The Labute approximate surface area is 130 Å². The van der Waals surface area contributed by atoms with Gasteiger partial charge in [0.2, 0.25) is 5.91 Å². The molecule has 0 aromatic carbocycles. The zero-order chi connectivity index (χ0) is 15.5. The Morgan fingerprint density at radius 1 is 1.29 bits per heavy atom. The van der Waals surface area contributed by atoms with E-state index in [0.29, 0.717) is 24.4 Å². The zero-order valence-corrected chi connectivity index (χ0v) is 14.3.